The highest BCUT2D eigenvalue weighted by Gasteiger charge is 2.30. The maximum absolute atomic E-state index is 9.89. The Morgan fingerprint density at radius 3 is 2.20 bits per heavy atom. The Balaban J connectivity index is 4.07. The lowest BCUT2D eigenvalue weighted by Crippen LogP contribution is -2.36. The van der Waals surface area contributed by atoms with E-state index in [1.165, 1.54) is 0 Å². The van der Waals surface area contributed by atoms with Gasteiger partial charge in [0, 0.05) is 11.8 Å². The van der Waals surface area contributed by atoms with E-state index in [2.05, 4.69) is 0 Å². The van der Waals surface area contributed by atoms with E-state index in [1.54, 1.807) is 0 Å². The molecule has 6 nitrogen and oxygen atoms in total. The van der Waals surface area contributed by atoms with Crippen LogP contribution >= 0.6 is 0 Å². The molecule has 2 unspecified atom stereocenters. The molecule has 0 rings (SSSR count). The Morgan fingerprint density at radius 1 is 1.70 bits per heavy atom. The number of carbonyl (C=O) groups is 1. The molecule has 10 heavy (non-hydrogen) atoms. The molecule has 0 radical (unpaired) electrons. The van der Waals surface area contributed by atoms with Gasteiger partial charge in [-0.3, -0.25) is 10.1 Å². The van der Waals surface area contributed by atoms with Crippen LogP contribution in [0.2, 0.25) is 0 Å². The predicted molar refractivity (Wildman–Crippen MR) is 30.1 cm³/mol. The highest BCUT2D eigenvalue weighted by atomic mass is 16.6. The second-order valence-electron chi connectivity index (χ2n) is 1.81. The molecular weight excluding hydrogens is 142 g/mol. The molecule has 0 saturated heterocycles. The molecule has 58 valence electrons. The van der Waals surface area contributed by atoms with Crippen molar-refractivity contribution < 1.29 is 19.9 Å². The van der Waals surface area contributed by atoms with Gasteiger partial charge < -0.3 is 10.2 Å². The van der Waals surface area contributed by atoms with Gasteiger partial charge in [-0.15, -0.1) is 0 Å². The molecule has 0 aliphatic carbocycles. The van der Waals surface area contributed by atoms with Gasteiger partial charge in [0.2, 0.25) is 12.1 Å². The fourth-order valence-electron chi connectivity index (χ4n) is 0.322. The quantitative estimate of drug-likeness (QED) is 0.400. The zero-order valence-corrected chi connectivity index (χ0v) is 5.22. The molecule has 0 aromatic heterocycles. The van der Waals surface area contributed by atoms with Gasteiger partial charge in [-0.1, -0.05) is 0 Å². The second kappa shape index (κ2) is 3.11. The normalized spacial score (nSPS) is 15.8. The number of aliphatic hydroxyl groups excluding tert-OH is 1. The zero-order valence-electron chi connectivity index (χ0n) is 5.22. The van der Waals surface area contributed by atoms with Crippen molar-refractivity contribution in [3.8, 4) is 0 Å². The third-order valence-electron chi connectivity index (χ3n) is 1.04. The molecule has 0 saturated carbocycles. The molecular formula is C4H7NO5. The maximum atomic E-state index is 9.89. The first kappa shape index (κ1) is 8.83. The van der Waals surface area contributed by atoms with Crippen LogP contribution < -0.4 is 0 Å². The van der Waals surface area contributed by atoms with Gasteiger partial charge in [0.05, 0.1) is 0 Å². The zero-order chi connectivity index (χ0) is 8.31. The van der Waals surface area contributed by atoms with E-state index >= 15 is 0 Å². The van der Waals surface area contributed by atoms with Gasteiger partial charge in [0.1, 0.15) is 0 Å². The lowest BCUT2D eigenvalue weighted by Gasteiger charge is -2.05. The van der Waals surface area contributed by atoms with Crippen molar-refractivity contribution in [3.05, 3.63) is 10.1 Å². The first-order valence-corrected chi connectivity index (χ1v) is 2.51. The molecule has 2 atom stereocenters. The topological polar surface area (TPSA) is 101 Å². The van der Waals surface area contributed by atoms with Crippen LogP contribution in [0.1, 0.15) is 6.92 Å². The van der Waals surface area contributed by atoms with Gasteiger partial charge >= 0.3 is 5.97 Å². The van der Waals surface area contributed by atoms with Crippen LogP contribution in [0.15, 0.2) is 0 Å². The summed E-state index contributed by atoms with van der Waals surface area (Å²) in [5.41, 5.74) is 0. The Bertz CT molecular complexity index is 138. The molecule has 0 aliphatic rings. The minimum Gasteiger partial charge on any atom is -0.479 e. The maximum Gasteiger partial charge on any atom is 0.339 e. The van der Waals surface area contributed by atoms with Crippen molar-refractivity contribution in [1.29, 1.82) is 0 Å². The Hall–Kier alpha value is -1.17. The number of nitro groups is 1. The van der Waals surface area contributed by atoms with E-state index in [0.29, 0.717) is 0 Å². The average Bonchev–Trinajstić information content (AvgIpc) is 1.84. The van der Waals surface area contributed by atoms with Crippen LogP contribution in [0.4, 0.5) is 0 Å². The van der Waals surface area contributed by atoms with Crippen LogP contribution in [-0.2, 0) is 4.79 Å². The summed E-state index contributed by atoms with van der Waals surface area (Å²) in [5.74, 6) is -1.58. The van der Waals surface area contributed by atoms with E-state index in [0.717, 1.165) is 6.92 Å². The van der Waals surface area contributed by atoms with Crippen LogP contribution in [0.25, 0.3) is 0 Å². The van der Waals surface area contributed by atoms with E-state index in [4.69, 9.17) is 10.2 Å². The largest absolute Gasteiger partial charge is 0.479 e. The van der Waals surface area contributed by atoms with Crippen LogP contribution in [0, 0.1) is 10.1 Å². The van der Waals surface area contributed by atoms with Gasteiger partial charge in [-0.25, -0.2) is 4.79 Å². The van der Waals surface area contributed by atoms with Gasteiger partial charge in [0.15, 0.2) is 0 Å². The SMILES string of the molecule is CC(C(O)C(=O)O)[N+](=O)[O-]. The number of rotatable bonds is 3. The summed E-state index contributed by atoms with van der Waals surface area (Å²) in [6.45, 7) is 1.03. The summed E-state index contributed by atoms with van der Waals surface area (Å²) in [7, 11) is 0. The highest BCUT2D eigenvalue weighted by molar-refractivity contribution is 5.72. The van der Waals surface area contributed by atoms with Crippen molar-refractivity contribution in [1.82, 2.24) is 0 Å². The smallest absolute Gasteiger partial charge is 0.339 e. The van der Waals surface area contributed by atoms with Crippen molar-refractivity contribution in [2.75, 3.05) is 0 Å². The summed E-state index contributed by atoms with van der Waals surface area (Å²) in [6.07, 6.45) is -1.92. The van der Waals surface area contributed by atoms with E-state index < -0.39 is 23.0 Å². The van der Waals surface area contributed by atoms with E-state index in [9.17, 15) is 14.9 Å². The Morgan fingerprint density at radius 2 is 2.10 bits per heavy atom. The Kier molecular flexibility index (Phi) is 2.75. The fraction of sp³-hybridized carbons (Fsp3) is 0.750. The van der Waals surface area contributed by atoms with Crippen LogP contribution in [0.5, 0.6) is 0 Å². The van der Waals surface area contributed by atoms with Crippen molar-refractivity contribution in [2.24, 2.45) is 0 Å². The summed E-state index contributed by atoms with van der Waals surface area (Å²) in [6, 6.07) is -1.46. The number of hydrogen-bond acceptors (Lipinski definition) is 4. The van der Waals surface area contributed by atoms with Gasteiger partial charge in [0.25, 0.3) is 0 Å². The van der Waals surface area contributed by atoms with Gasteiger partial charge in [-0.05, 0) is 0 Å². The monoisotopic (exact) mass is 149 g/mol. The van der Waals surface area contributed by atoms with E-state index in [1.807, 2.05) is 0 Å². The third kappa shape index (κ3) is 1.98. The molecule has 6 heteroatoms. The van der Waals surface area contributed by atoms with Crippen molar-refractivity contribution in [2.45, 2.75) is 19.1 Å². The lowest BCUT2D eigenvalue weighted by atomic mass is 10.2. The molecule has 0 spiro atoms. The van der Waals surface area contributed by atoms with Crippen molar-refractivity contribution in [3.63, 3.8) is 0 Å². The third-order valence-corrected chi connectivity index (χ3v) is 1.04. The van der Waals surface area contributed by atoms with Crippen molar-refractivity contribution >= 4 is 5.97 Å². The molecule has 0 aromatic rings. The fourth-order valence-corrected chi connectivity index (χ4v) is 0.322. The second-order valence-corrected chi connectivity index (χ2v) is 1.81. The first-order chi connectivity index (χ1) is 4.46. The lowest BCUT2D eigenvalue weighted by molar-refractivity contribution is -0.527. The van der Waals surface area contributed by atoms with Gasteiger partial charge in [-0.2, -0.15) is 0 Å². The standard InChI is InChI=1S/C4H7NO5/c1-2(5(9)10)3(6)4(7)8/h2-3,6H,1H3,(H,7,8). The van der Waals surface area contributed by atoms with Crippen LogP contribution in [0.3, 0.4) is 0 Å². The predicted octanol–water partition coefficient (Wildman–Crippen LogP) is -0.903. The molecule has 0 aromatic carbocycles. The average molecular weight is 149 g/mol. The molecule has 0 heterocycles. The Labute approximate surface area is 56.2 Å². The number of aliphatic hydroxyl groups is 1. The summed E-state index contributed by atoms with van der Waals surface area (Å²) >= 11 is 0. The molecule has 0 amide bonds. The number of aliphatic carboxylic acids is 1. The highest BCUT2D eigenvalue weighted by Crippen LogP contribution is 1.96. The minimum atomic E-state index is -1.92. The number of hydrogen-bond donors (Lipinski definition) is 2. The first-order valence-electron chi connectivity index (χ1n) is 2.51. The summed E-state index contributed by atoms with van der Waals surface area (Å²) < 4.78 is 0. The summed E-state index contributed by atoms with van der Waals surface area (Å²) in [5, 5.41) is 26.4. The molecule has 0 fully saturated rings. The van der Waals surface area contributed by atoms with Crippen LogP contribution in [-0.4, -0.2) is 33.3 Å². The number of carboxylic acid groups (broad SMARTS) is 1. The number of carboxylic acids is 1. The minimum absolute atomic E-state index is 0.848. The summed E-state index contributed by atoms with van der Waals surface area (Å²) in [4.78, 5) is 18.9. The van der Waals surface area contributed by atoms with E-state index in [-0.39, 0.29) is 0 Å². The molecule has 0 bridgehead atoms. The molecule has 0 aliphatic heterocycles. The number of nitrogens with zero attached hydrogens (tertiary/aromatic N) is 1. The molecule has 2 N–H and O–H groups in total.